The Labute approximate surface area is 118 Å². The molecule has 0 saturated carbocycles. The molecular weight excluding hydrogens is 286 g/mol. The molecular formula is C13H12F2N2O4. The second-order valence-electron chi connectivity index (χ2n) is 4.11. The smallest absolute Gasteiger partial charge is 0.335 e. The minimum atomic E-state index is -2.50. The van der Waals surface area contributed by atoms with E-state index in [1.807, 2.05) is 0 Å². The summed E-state index contributed by atoms with van der Waals surface area (Å²) in [7, 11) is 0. The number of alkyl halides is 2. The fourth-order valence-electron chi connectivity index (χ4n) is 1.57. The first kappa shape index (κ1) is 15.0. The maximum Gasteiger partial charge on any atom is 0.335 e. The summed E-state index contributed by atoms with van der Waals surface area (Å²) in [6.07, 6.45) is -2.27. The predicted molar refractivity (Wildman–Crippen MR) is 67.2 cm³/mol. The highest BCUT2D eigenvalue weighted by Crippen LogP contribution is 2.16. The molecule has 0 fully saturated rings. The molecule has 0 radical (unpaired) electrons. The van der Waals surface area contributed by atoms with Crippen LogP contribution in [0.1, 0.15) is 16.2 Å². The molecule has 2 rings (SSSR count). The molecule has 21 heavy (non-hydrogen) atoms. The van der Waals surface area contributed by atoms with Crippen LogP contribution in [-0.2, 0) is 11.2 Å². The van der Waals surface area contributed by atoms with Crippen LogP contribution in [0.3, 0.4) is 0 Å². The summed E-state index contributed by atoms with van der Waals surface area (Å²) in [5.41, 5.74) is 0.756. The molecule has 0 aliphatic carbocycles. The lowest BCUT2D eigenvalue weighted by molar-refractivity contribution is 0.0171. The van der Waals surface area contributed by atoms with Crippen molar-refractivity contribution < 1.29 is 27.9 Å². The molecule has 0 unspecified atom stereocenters. The number of carboxylic acid groups (broad SMARTS) is 1. The Morgan fingerprint density at radius 1 is 1.33 bits per heavy atom. The Kier molecular flexibility index (Phi) is 4.94. The van der Waals surface area contributed by atoms with Crippen molar-refractivity contribution in [1.29, 1.82) is 0 Å². The van der Waals surface area contributed by atoms with Crippen LogP contribution < -0.4 is 0 Å². The van der Waals surface area contributed by atoms with Crippen LogP contribution in [0.4, 0.5) is 8.78 Å². The zero-order chi connectivity index (χ0) is 15.2. The van der Waals surface area contributed by atoms with E-state index in [0.717, 1.165) is 0 Å². The van der Waals surface area contributed by atoms with Crippen LogP contribution in [0.25, 0.3) is 11.4 Å². The summed E-state index contributed by atoms with van der Waals surface area (Å²) in [6, 6.07) is 5.98. The standard InChI is InChI=1S/C13H12F2N2O4/c14-10(15)7-20-6-5-11-16-12(17-21-11)8-1-3-9(4-2-8)13(18)19/h1-4,10H,5-7H2,(H,18,19). The lowest BCUT2D eigenvalue weighted by atomic mass is 10.1. The molecule has 0 bridgehead atoms. The normalized spacial score (nSPS) is 11.0. The van der Waals surface area contributed by atoms with Crippen molar-refractivity contribution in [3.05, 3.63) is 35.7 Å². The molecule has 0 saturated heterocycles. The van der Waals surface area contributed by atoms with Crippen LogP contribution in [0.5, 0.6) is 0 Å². The van der Waals surface area contributed by atoms with Gasteiger partial charge in [-0.15, -0.1) is 0 Å². The first-order chi connectivity index (χ1) is 10.1. The number of rotatable bonds is 7. The molecule has 1 aromatic heterocycles. The quantitative estimate of drug-likeness (QED) is 0.789. The average Bonchev–Trinajstić information content (AvgIpc) is 2.92. The van der Waals surface area contributed by atoms with Gasteiger partial charge in [0.05, 0.1) is 18.6 Å². The summed E-state index contributed by atoms with van der Waals surface area (Å²) >= 11 is 0. The molecule has 6 nitrogen and oxygen atoms in total. The maximum absolute atomic E-state index is 11.9. The van der Waals surface area contributed by atoms with Gasteiger partial charge in [-0.2, -0.15) is 4.98 Å². The Bertz CT molecular complexity index is 598. The van der Waals surface area contributed by atoms with Gasteiger partial charge in [0.25, 0.3) is 6.43 Å². The molecule has 0 aliphatic heterocycles. The first-order valence-electron chi connectivity index (χ1n) is 6.08. The number of carboxylic acids is 1. The monoisotopic (exact) mass is 298 g/mol. The van der Waals surface area contributed by atoms with E-state index in [1.165, 1.54) is 12.1 Å². The van der Waals surface area contributed by atoms with Gasteiger partial charge < -0.3 is 14.4 Å². The molecule has 8 heteroatoms. The van der Waals surface area contributed by atoms with Crippen molar-refractivity contribution in [3.8, 4) is 11.4 Å². The van der Waals surface area contributed by atoms with Crippen molar-refractivity contribution in [3.63, 3.8) is 0 Å². The number of benzene rings is 1. The molecule has 1 aromatic carbocycles. The number of hydrogen-bond donors (Lipinski definition) is 1. The second-order valence-corrected chi connectivity index (χ2v) is 4.11. The number of nitrogens with zero attached hydrogens (tertiary/aromatic N) is 2. The Hall–Kier alpha value is -2.35. The zero-order valence-corrected chi connectivity index (χ0v) is 10.8. The van der Waals surface area contributed by atoms with Crippen molar-refractivity contribution in [1.82, 2.24) is 10.1 Å². The number of aromatic nitrogens is 2. The molecule has 0 atom stereocenters. The van der Waals surface area contributed by atoms with Crippen LogP contribution in [0.15, 0.2) is 28.8 Å². The van der Waals surface area contributed by atoms with Crippen molar-refractivity contribution >= 4 is 5.97 Å². The molecule has 0 aliphatic rings. The third-order valence-electron chi connectivity index (χ3n) is 2.56. The number of ether oxygens (including phenoxy) is 1. The van der Waals surface area contributed by atoms with Crippen LogP contribution in [-0.4, -0.2) is 40.9 Å². The van der Waals surface area contributed by atoms with Crippen molar-refractivity contribution in [2.45, 2.75) is 12.8 Å². The van der Waals surface area contributed by atoms with Gasteiger partial charge >= 0.3 is 5.97 Å². The maximum atomic E-state index is 11.9. The minimum Gasteiger partial charge on any atom is -0.478 e. The fourth-order valence-corrected chi connectivity index (χ4v) is 1.57. The number of carbonyl (C=O) groups is 1. The number of aromatic carboxylic acids is 1. The average molecular weight is 298 g/mol. The summed E-state index contributed by atoms with van der Waals surface area (Å²) in [6.45, 7) is -0.568. The van der Waals surface area contributed by atoms with E-state index in [4.69, 9.17) is 14.4 Å². The SMILES string of the molecule is O=C(O)c1ccc(-c2noc(CCOCC(F)F)n2)cc1. The van der Waals surface area contributed by atoms with Gasteiger partial charge in [0.1, 0.15) is 6.61 Å². The summed E-state index contributed by atoms with van der Waals surface area (Å²) in [5.74, 6) is -0.455. The van der Waals surface area contributed by atoms with Gasteiger partial charge in [0.15, 0.2) is 0 Å². The second kappa shape index (κ2) is 6.89. The summed E-state index contributed by atoms with van der Waals surface area (Å²) in [4.78, 5) is 14.8. The van der Waals surface area contributed by atoms with Gasteiger partial charge in [-0.05, 0) is 12.1 Å². The van der Waals surface area contributed by atoms with Crippen molar-refractivity contribution in [2.24, 2.45) is 0 Å². The van der Waals surface area contributed by atoms with E-state index < -0.39 is 19.0 Å². The van der Waals surface area contributed by atoms with E-state index in [1.54, 1.807) is 12.1 Å². The predicted octanol–water partition coefficient (Wildman–Crippen LogP) is 2.26. The number of halogens is 2. The third-order valence-corrected chi connectivity index (χ3v) is 2.56. The van der Waals surface area contributed by atoms with Gasteiger partial charge in [0.2, 0.25) is 11.7 Å². The largest absolute Gasteiger partial charge is 0.478 e. The van der Waals surface area contributed by atoms with Crippen LogP contribution in [0.2, 0.25) is 0 Å². The fraction of sp³-hybridized carbons (Fsp3) is 0.308. The lowest BCUT2D eigenvalue weighted by Crippen LogP contribution is -2.07. The molecule has 1 N–H and O–H groups in total. The Morgan fingerprint density at radius 2 is 2.05 bits per heavy atom. The van der Waals surface area contributed by atoms with E-state index in [9.17, 15) is 13.6 Å². The molecule has 2 aromatic rings. The molecule has 1 heterocycles. The van der Waals surface area contributed by atoms with Crippen molar-refractivity contribution in [2.75, 3.05) is 13.2 Å². The topological polar surface area (TPSA) is 85.5 Å². The van der Waals surface area contributed by atoms with Gasteiger partial charge in [0, 0.05) is 5.56 Å². The molecule has 0 amide bonds. The molecule has 112 valence electrons. The van der Waals surface area contributed by atoms with Crippen LogP contribution in [0, 0.1) is 0 Å². The van der Waals surface area contributed by atoms with Crippen LogP contribution >= 0.6 is 0 Å². The van der Waals surface area contributed by atoms with Gasteiger partial charge in [-0.1, -0.05) is 17.3 Å². The first-order valence-corrected chi connectivity index (χ1v) is 6.08. The third kappa shape index (κ3) is 4.32. The van der Waals surface area contributed by atoms with Gasteiger partial charge in [-0.25, -0.2) is 13.6 Å². The summed E-state index contributed by atoms with van der Waals surface area (Å²) < 4.78 is 33.4. The molecule has 0 spiro atoms. The Balaban J connectivity index is 1.94. The highest BCUT2D eigenvalue weighted by atomic mass is 19.3. The van der Waals surface area contributed by atoms with E-state index in [-0.39, 0.29) is 24.5 Å². The minimum absolute atomic E-state index is 0.0594. The zero-order valence-electron chi connectivity index (χ0n) is 10.8. The van der Waals surface area contributed by atoms with Gasteiger partial charge in [-0.3, -0.25) is 0 Å². The summed E-state index contributed by atoms with van der Waals surface area (Å²) in [5, 5.41) is 12.5. The van der Waals surface area contributed by atoms with E-state index in [2.05, 4.69) is 10.1 Å². The highest BCUT2D eigenvalue weighted by molar-refractivity contribution is 5.88. The lowest BCUT2D eigenvalue weighted by Gasteiger charge is -1.99. The van der Waals surface area contributed by atoms with E-state index in [0.29, 0.717) is 11.4 Å². The Morgan fingerprint density at radius 3 is 2.67 bits per heavy atom. The van der Waals surface area contributed by atoms with E-state index >= 15 is 0 Å². The highest BCUT2D eigenvalue weighted by Gasteiger charge is 2.10. The number of hydrogen-bond acceptors (Lipinski definition) is 5.